The van der Waals surface area contributed by atoms with Gasteiger partial charge in [0.1, 0.15) is 5.75 Å². The van der Waals surface area contributed by atoms with Crippen molar-refractivity contribution in [2.75, 3.05) is 7.11 Å². The molecule has 2 aromatic rings. The summed E-state index contributed by atoms with van der Waals surface area (Å²) < 4.78 is 6.00. The number of hydrogen-bond acceptors (Lipinski definition) is 4. The average molecular weight is 334 g/mol. The van der Waals surface area contributed by atoms with Crippen molar-refractivity contribution in [3.05, 3.63) is 58.3 Å². The second-order valence-corrected chi connectivity index (χ2v) is 4.75. The van der Waals surface area contributed by atoms with E-state index < -0.39 is 0 Å². The highest BCUT2D eigenvalue weighted by Crippen LogP contribution is 2.23. The summed E-state index contributed by atoms with van der Waals surface area (Å²) in [6.07, 6.45) is 4.84. The number of carbonyl (C=O) groups excluding carboxylic acids is 1. The molecule has 1 heterocycles. The van der Waals surface area contributed by atoms with Crippen LogP contribution < -0.4 is 10.2 Å². The number of hydrazone groups is 1. The number of pyridine rings is 1. The van der Waals surface area contributed by atoms with Gasteiger partial charge in [-0.05, 0) is 24.3 Å². The fraction of sp³-hybridized carbons (Fsp3) is 0.0714. The Morgan fingerprint density at radius 1 is 1.45 bits per heavy atom. The Kier molecular flexibility index (Phi) is 4.84. The zero-order chi connectivity index (χ0) is 14.4. The molecule has 20 heavy (non-hydrogen) atoms. The second-order valence-electron chi connectivity index (χ2n) is 3.83. The zero-order valence-electron chi connectivity index (χ0n) is 10.7. The number of methoxy groups -OCH3 is 1. The summed E-state index contributed by atoms with van der Waals surface area (Å²) >= 11 is 3.32. The molecule has 0 atom stereocenters. The molecule has 1 aromatic heterocycles. The minimum absolute atomic E-state index is 0.338. The molecule has 0 saturated carbocycles. The van der Waals surface area contributed by atoms with Crippen molar-refractivity contribution >= 4 is 28.1 Å². The quantitative estimate of drug-likeness (QED) is 0.691. The van der Waals surface area contributed by atoms with Crippen molar-refractivity contribution in [1.29, 1.82) is 0 Å². The van der Waals surface area contributed by atoms with Crippen LogP contribution in [0.3, 0.4) is 0 Å². The van der Waals surface area contributed by atoms with E-state index in [0.717, 1.165) is 10.0 Å². The lowest BCUT2D eigenvalue weighted by Gasteiger charge is -2.07. The largest absolute Gasteiger partial charge is 0.496 e. The predicted molar refractivity (Wildman–Crippen MR) is 80.0 cm³/mol. The van der Waals surface area contributed by atoms with Crippen molar-refractivity contribution < 1.29 is 9.53 Å². The van der Waals surface area contributed by atoms with Gasteiger partial charge in [0.05, 0.1) is 18.9 Å². The minimum Gasteiger partial charge on any atom is -0.496 e. The van der Waals surface area contributed by atoms with Crippen LogP contribution in [0.2, 0.25) is 0 Å². The fourth-order valence-corrected chi connectivity index (χ4v) is 1.87. The summed E-state index contributed by atoms with van der Waals surface area (Å²) in [5.41, 5.74) is 3.67. The summed E-state index contributed by atoms with van der Waals surface area (Å²) in [6.45, 7) is 0. The highest BCUT2D eigenvalue weighted by molar-refractivity contribution is 9.10. The van der Waals surface area contributed by atoms with Gasteiger partial charge in [-0.25, -0.2) is 5.43 Å². The summed E-state index contributed by atoms with van der Waals surface area (Å²) in [7, 11) is 1.51. The molecule has 5 nitrogen and oxygen atoms in total. The van der Waals surface area contributed by atoms with E-state index in [-0.39, 0.29) is 5.91 Å². The number of hydrogen-bond donors (Lipinski definition) is 1. The Labute approximate surface area is 124 Å². The molecular formula is C14H12BrN3O2. The van der Waals surface area contributed by atoms with E-state index in [2.05, 4.69) is 31.4 Å². The molecule has 6 heteroatoms. The number of nitrogens with one attached hydrogen (secondary N) is 1. The number of benzene rings is 1. The maximum atomic E-state index is 12.0. The Balaban J connectivity index is 2.07. The smallest absolute Gasteiger partial charge is 0.275 e. The molecule has 2 rings (SSSR count). The van der Waals surface area contributed by atoms with Gasteiger partial charge in [-0.3, -0.25) is 9.78 Å². The average Bonchev–Trinajstić information content (AvgIpc) is 2.48. The van der Waals surface area contributed by atoms with Gasteiger partial charge in [0, 0.05) is 22.4 Å². The summed E-state index contributed by atoms with van der Waals surface area (Å²) in [5, 5.41) is 3.88. The van der Waals surface area contributed by atoms with Crippen LogP contribution in [-0.4, -0.2) is 24.2 Å². The standard InChI is InChI=1S/C14H12BrN3O2/c1-20-13-7-11(15)4-5-12(13)14(19)18-17-9-10-3-2-6-16-8-10/h2-9H,1H3,(H,18,19)/b17-9-. The van der Waals surface area contributed by atoms with Crippen LogP contribution in [-0.2, 0) is 0 Å². The van der Waals surface area contributed by atoms with Crippen LogP contribution in [0.5, 0.6) is 5.75 Å². The lowest BCUT2D eigenvalue weighted by atomic mass is 10.2. The number of ether oxygens (including phenoxy) is 1. The molecular weight excluding hydrogens is 322 g/mol. The van der Waals surface area contributed by atoms with Crippen molar-refractivity contribution in [2.45, 2.75) is 0 Å². The van der Waals surface area contributed by atoms with E-state index in [1.807, 2.05) is 6.07 Å². The summed E-state index contributed by atoms with van der Waals surface area (Å²) in [4.78, 5) is 15.9. The highest BCUT2D eigenvalue weighted by atomic mass is 79.9. The molecule has 0 aliphatic heterocycles. The van der Waals surface area contributed by atoms with Gasteiger partial charge in [-0.1, -0.05) is 22.0 Å². The highest BCUT2D eigenvalue weighted by Gasteiger charge is 2.11. The first-order valence-corrected chi connectivity index (χ1v) is 6.57. The third kappa shape index (κ3) is 3.64. The molecule has 0 radical (unpaired) electrons. The van der Waals surface area contributed by atoms with Crippen molar-refractivity contribution in [3.63, 3.8) is 0 Å². The van der Waals surface area contributed by atoms with Crippen LogP contribution in [0.4, 0.5) is 0 Å². The topological polar surface area (TPSA) is 63.6 Å². The van der Waals surface area contributed by atoms with Crippen LogP contribution in [0.15, 0.2) is 52.3 Å². The second kappa shape index (κ2) is 6.81. The van der Waals surface area contributed by atoms with E-state index in [0.29, 0.717) is 11.3 Å². The number of carbonyl (C=O) groups is 1. The lowest BCUT2D eigenvalue weighted by molar-refractivity contribution is 0.0952. The van der Waals surface area contributed by atoms with Crippen LogP contribution >= 0.6 is 15.9 Å². The molecule has 0 bridgehead atoms. The molecule has 0 aliphatic carbocycles. The van der Waals surface area contributed by atoms with Crippen LogP contribution in [0.25, 0.3) is 0 Å². The number of aromatic nitrogens is 1. The lowest BCUT2D eigenvalue weighted by Crippen LogP contribution is -2.18. The molecule has 1 N–H and O–H groups in total. The van der Waals surface area contributed by atoms with Crippen molar-refractivity contribution in [1.82, 2.24) is 10.4 Å². The Morgan fingerprint density at radius 3 is 3.00 bits per heavy atom. The molecule has 0 spiro atoms. The number of nitrogens with zero attached hydrogens (tertiary/aromatic N) is 2. The Bertz CT molecular complexity index is 630. The number of rotatable bonds is 4. The Morgan fingerprint density at radius 2 is 2.30 bits per heavy atom. The number of halogens is 1. The minimum atomic E-state index is -0.338. The van der Waals surface area contributed by atoms with Crippen LogP contribution in [0, 0.1) is 0 Å². The van der Waals surface area contributed by atoms with Crippen molar-refractivity contribution in [2.24, 2.45) is 5.10 Å². The molecule has 1 aromatic carbocycles. The normalized spacial score (nSPS) is 10.5. The molecule has 0 fully saturated rings. The van der Waals surface area contributed by atoms with Gasteiger partial charge in [0.2, 0.25) is 0 Å². The molecule has 1 amide bonds. The van der Waals surface area contributed by atoms with Gasteiger partial charge in [-0.2, -0.15) is 5.10 Å². The van der Waals surface area contributed by atoms with E-state index >= 15 is 0 Å². The van der Waals surface area contributed by atoms with Gasteiger partial charge in [0.15, 0.2) is 0 Å². The molecule has 102 valence electrons. The van der Waals surface area contributed by atoms with E-state index in [9.17, 15) is 4.79 Å². The van der Waals surface area contributed by atoms with Crippen LogP contribution in [0.1, 0.15) is 15.9 Å². The third-order valence-corrected chi connectivity index (χ3v) is 2.97. The third-order valence-electron chi connectivity index (χ3n) is 2.47. The first-order chi connectivity index (χ1) is 9.70. The predicted octanol–water partition coefficient (Wildman–Crippen LogP) is 2.62. The first-order valence-electron chi connectivity index (χ1n) is 5.77. The van der Waals surface area contributed by atoms with Gasteiger partial charge >= 0.3 is 0 Å². The molecule has 0 saturated heterocycles. The summed E-state index contributed by atoms with van der Waals surface area (Å²) in [5.74, 6) is 0.142. The van der Waals surface area contributed by atoms with Crippen molar-refractivity contribution in [3.8, 4) is 5.75 Å². The maximum absolute atomic E-state index is 12.0. The van der Waals surface area contributed by atoms with E-state index in [4.69, 9.17) is 4.74 Å². The monoisotopic (exact) mass is 333 g/mol. The van der Waals surface area contributed by atoms with Gasteiger partial charge in [-0.15, -0.1) is 0 Å². The van der Waals surface area contributed by atoms with E-state index in [1.165, 1.54) is 13.3 Å². The van der Waals surface area contributed by atoms with E-state index in [1.54, 1.807) is 36.7 Å². The maximum Gasteiger partial charge on any atom is 0.275 e. The SMILES string of the molecule is COc1cc(Br)ccc1C(=O)N/N=C\c1cccnc1. The summed E-state index contributed by atoms with van der Waals surface area (Å²) in [6, 6.07) is 8.78. The first kappa shape index (κ1) is 14.2. The zero-order valence-corrected chi connectivity index (χ0v) is 12.3. The van der Waals surface area contributed by atoms with Gasteiger partial charge in [0.25, 0.3) is 5.91 Å². The fourth-order valence-electron chi connectivity index (χ4n) is 1.53. The molecule has 0 aliphatic rings. The Hall–Kier alpha value is -2.21. The number of amides is 1. The van der Waals surface area contributed by atoms with Gasteiger partial charge < -0.3 is 4.74 Å². The molecule has 0 unspecified atom stereocenters.